The zero-order valence-corrected chi connectivity index (χ0v) is 13.6. The van der Waals surface area contributed by atoms with E-state index in [4.69, 9.17) is 5.73 Å². The molecule has 0 heterocycles. The van der Waals surface area contributed by atoms with Crippen molar-refractivity contribution in [1.29, 1.82) is 0 Å². The third kappa shape index (κ3) is 4.60. The van der Waals surface area contributed by atoms with E-state index in [1.807, 2.05) is 55.5 Å². The number of hydrogen-bond donors (Lipinski definition) is 2. The van der Waals surface area contributed by atoms with E-state index in [-0.39, 0.29) is 11.9 Å². The highest BCUT2D eigenvalue weighted by molar-refractivity contribution is 9.10. The maximum atomic E-state index is 12.0. The quantitative estimate of drug-likeness (QED) is 0.808. The Hall–Kier alpha value is -1.81. The van der Waals surface area contributed by atoms with Gasteiger partial charge in [-0.2, -0.15) is 0 Å². The summed E-state index contributed by atoms with van der Waals surface area (Å²) >= 11 is 3.51. The molecule has 0 spiro atoms. The summed E-state index contributed by atoms with van der Waals surface area (Å²) in [4.78, 5) is 12.0. The average molecular weight is 347 g/mol. The Balaban J connectivity index is 1.87. The Morgan fingerprint density at radius 2 is 1.86 bits per heavy atom. The van der Waals surface area contributed by atoms with E-state index in [0.717, 1.165) is 27.7 Å². The highest BCUT2D eigenvalue weighted by atomic mass is 79.9. The molecular formula is C17H19BrN2O. The minimum absolute atomic E-state index is 0.0144. The summed E-state index contributed by atoms with van der Waals surface area (Å²) in [5.41, 5.74) is 8.59. The molecule has 21 heavy (non-hydrogen) atoms. The predicted octanol–water partition coefficient (Wildman–Crippen LogP) is 3.84. The van der Waals surface area contributed by atoms with Crippen LogP contribution < -0.4 is 11.1 Å². The van der Waals surface area contributed by atoms with Crippen molar-refractivity contribution >= 4 is 27.5 Å². The van der Waals surface area contributed by atoms with Crippen molar-refractivity contribution in [3.63, 3.8) is 0 Å². The number of nitrogens with one attached hydrogen (secondary N) is 1. The first-order chi connectivity index (χ1) is 10.1. The standard InChI is InChI=1S/C17H19BrN2O/c1-12(15-4-2-3-5-16(15)18)20-17(21)11-8-13-6-9-14(19)10-7-13/h2-7,9-10,12H,8,11,19H2,1H3,(H,20,21)/t12-/m1/s1. The second-order valence-electron chi connectivity index (χ2n) is 5.05. The largest absolute Gasteiger partial charge is 0.399 e. The van der Waals surface area contributed by atoms with Crippen LogP contribution in [0.2, 0.25) is 0 Å². The maximum Gasteiger partial charge on any atom is 0.220 e. The molecule has 2 aromatic carbocycles. The van der Waals surface area contributed by atoms with Crippen molar-refractivity contribution in [2.75, 3.05) is 5.73 Å². The third-order valence-electron chi connectivity index (χ3n) is 3.37. The SMILES string of the molecule is C[C@@H](NC(=O)CCc1ccc(N)cc1)c1ccccc1Br. The van der Waals surface area contributed by atoms with E-state index in [9.17, 15) is 4.79 Å². The van der Waals surface area contributed by atoms with E-state index in [1.54, 1.807) is 0 Å². The summed E-state index contributed by atoms with van der Waals surface area (Å²) in [5.74, 6) is 0.0510. The number of amides is 1. The summed E-state index contributed by atoms with van der Waals surface area (Å²) in [6, 6.07) is 15.5. The lowest BCUT2D eigenvalue weighted by atomic mass is 10.1. The molecule has 0 fully saturated rings. The van der Waals surface area contributed by atoms with Crippen molar-refractivity contribution < 1.29 is 4.79 Å². The van der Waals surface area contributed by atoms with Gasteiger partial charge in [-0.3, -0.25) is 4.79 Å². The van der Waals surface area contributed by atoms with Crippen LogP contribution in [0, 0.1) is 0 Å². The van der Waals surface area contributed by atoms with Crippen LogP contribution >= 0.6 is 15.9 Å². The third-order valence-corrected chi connectivity index (χ3v) is 4.09. The van der Waals surface area contributed by atoms with E-state index in [2.05, 4.69) is 21.2 Å². The molecule has 2 aromatic rings. The van der Waals surface area contributed by atoms with Gasteiger partial charge in [-0.25, -0.2) is 0 Å². The highest BCUT2D eigenvalue weighted by Gasteiger charge is 2.11. The van der Waals surface area contributed by atoms with E-state index >= 15 is 0 Å². The summed E-state index contributed by atoms with van der Waals surface area (Å²) in [6.45, 7) is 1.99. The molecule has 0 unspecified atom stereocenters. The average Bonchev–Trinajstić information content (AvgIpc) is 2.47. The van der Waals surface area contributed by atoms with Gasteiger partial charge in [-0.05, 0) is 42.7 Å². The molecule has 0 aliphatic rings. The van der Waals surface area contributed by atoms with Crippen LogP contribution in [0.3, 0.4) is 0 Å². The minimum atomic E-state index is -0.0144. The second-order valence-corrected chi connectivity index (χ2v) is 5.91. The van der Waals surface area contributed by atoms with Gasteiger partial charge in [-0.15, -0.1) is 0 Å². The molecule has 0 aromatic heterocycles. The molecule has 3 N–H and O–H groups in total. The molecule has 0 saturated heterocycles. The topological polar surface area (TPSA) is 55.1 Å². The number of hydrogen-bond acceptors (Lipinski definition) is 2. The summed E-state index contributed by atoms with van der Waals surface area (Å²) in [7, 11) is 0. The minimum Gasteiger partial charge on any atom is -0.399 e. The van der Waals surface area contributed by atoms with Gasteiger partial charge in [0.1, 0.15) is 0 Å². The van der Waals surface area contributed by atoms with Crippen LogP contribution in [0.15, 0.2) is 53.0 Å². The highest BCUT2D eigenvalue weighted by Crippen LogP contribution is 2.22. The van der Waals surface area contributed by atoms with Crippen molar-refractivity contribution in [1.82, 2.24) is 5.32 Å². The molecule has 0 aliphatic heterocycles. The number of benzene rings is 2. The van der Waals surface area contributed by atoms with Crippen LogP contribution in [0.25, 0.3) is 0 Å². The molecule has 3 nitrogen and oxygen atoms in total. The van der Waals surface area contributed by atoms with Gasteiger partial charge >= 0.3 is 0 Å². The van der Waals surface area contributed by atoms with Crippen LogP contribution in [0.4, 0.5) is 5.69 Å². The Morgan fingerprint density at radius 1 is 1.19 bits per heavy atom. The summed E-state index contributed by atoms with van der Waals surface area (Å²) in [5, 5.41) is 3.03. The first kappa shape index (κ1) is 15.6. The van der Waals surface area contributed by atoms with Crippen LogP contribution in [0.5, 0.6) is 0 Å². The number of nitrogen functional groups attached to an aromatic ring is 1. The molecule has 110 valence electrons. The van der Waals surface area contributed by atoms with Gasteiger partial charge in [0.25, 0.3) is 0 Å². The van der Waals surface area contributed by atoms with Crippen molar-refractivity contribution in [3.8, 4) is 0 Å². The Bertz CT molecular complexity index is 610. The first-order valence-electron chi connectivity index (χ1n) is 6.94. The molecule has 4 heteroatoms. The van der Waals surface area contributed by atoms with Crippen molar-refractivity contribution in [2.45, 2.75) is 25.8 Å². The summed E-state index contributed by atoms with van der Waals surface area (Å²) < 4.78 is 1.01. The number of halogens is 1. The fourth-order valence-electron chi connectivity index (χ4n) is 2.16. The summed E-state index contributed by atoms with van der Waals surface area (Å²) in [6.07, 6.45) is 1.19. The number of aryl methyl sites for hydroxylation is 1. The van der Waals surface area contributed by atoms with Gasteiger partial charge in [-0.1, -0.05) is 46.3 Å². The van der Waals surface area contributed by atoms with E-state index < -0.39 is 0 Å². The molecular weight excluding hydrogens is 328 g/mol. The van der Waals surface area contributed by atoms with E-state index in [1.165, 1.54) is 0 Å². The van der Waals surface area contributed by atoms with Crippen LogP contribution in [-0.4, -0.2) is 5.91 Å². The first-order valence-corrected chi connectivity index (χ1v) is 7.74. The predicted molar refractivity (Wildman–Crippen MR) is 89.9 cm³/mol. The zero-order valence-electron chi connectivity index (χ0n) is 12.0. The van der Waals surface area contributed by atoms with Crippen LogP contribution in [-0.2, 0) is 11.2 Å². The Labute approximate surface area is 133 Å². The molecule has 0 saturated carbocycles. The second kappa shape index (κ2) is 7.27. The lowest BCUT2D eigenvalue weighted by Crippen LogP contribution is -2.27. The number of nitrogens with two attached hydrogens (primary N) is 1. The number of anilines is 1. The Morgan fingerprint density at radius 3 is 2.52 bits per heavy atom. The van der Waals surface area contributed by atoms with Crippen molar-refractivity contribution in [2.24, 2.45) is 0 Å². The molecule has 0 radical (unpaired) electrons. The zero-order chi connectivity index (χ0) is 15.2. The molecule has 0 bridgehead atoms. The number of rotatable bonds is 5. The lowest BCUT2D eigenvalue weighted by molar-refractivity contribution is -0.121. The number of carbonyl (C=O) groups is 1. The van der Waals surface area contributed by atoms with Gasteiger partial charge in [0, 0.05) is 16.6 Å². The fourth-order valence-corrected chi connectivity index (χ4v) is 2.79. The smallest absolute Gasteiger partial charge is 0.220 e. The normalized spacial score (nSPS) is 11.9. The fraction of sp³-hybridized carbons (Fsp3) is 0.235. The maximum absolute atomic E-state index is 12.0. The van der Waals surface area contributed by atoms with Gasteiger partial charge in [0.15, 0.2) is 0 Å². The molecule has 2 rings (SSSR count). The monoisotopic (exact) mass is 346 g/mol. The van der Waals surface area contributed by atoms with Gasteiger partial charge in [0.2, 0.25) is 5.91 Å². The molecule has 0 aliphatic carbocycles. The molecule has 1 amide bonds. The van der Waals surface area contributed by atoms with Crippen LogP contribution in [0.1, 0.15) is 30.5 Å². The van der Waals surface area contributed by atoms with E-state index in [0.29, 0.717) is 6.42 Å². The number of carbonyl (C=O) groups excluding carboxylic acids is 1. The van der Waals surface area contributed by atoms with Gasteiger partial charge < -0.3 is 11.1 Å². The molecule has 1 atom stereocenters. The Kier molecular flexibility index (Phi) is 5.39. The van der Waals surface area contributed by atoms with Crippen molar-refractivity contribution in [3.05, 3.63) is 64.1 Å². The lowest BCUT2D eigenvalue weighted by Gasteiger charge is -2.15. The van der Waals surface area contributed by atoms with Gasteiger partial charge in [0.05, 0.1) is 6.04 Å².